The number of carbonyl (C=O) groups is 2. The second-order valence-corrected chi connectivity index (χ2v) is 9.00. The van der Waals surface area contributed by atoms with Gasteiger partial charge in [0.05, 0.1) is 16.7 Å². The molecule has 2 amide bonds. The number of rotatable bonds is 9. The van der Waals surface area contributed by atoms with Gasteiger partial charge < -0.3 is 15.2 Å². The minimum absolute atomic E-state index is 0.0319. The third-order valence-electron chi connectivity index (χ3n) is 5.16. The first-order chi connectivity index (χ1) is 16.2. The summed E-state index contributed by atoms with van der Waals surface area (Å²) in [4.78, 5) is 35.5. The number of thioether (sulfide) groups is 1. The maximum Gasteiger partial charge on any atom is 0.269 e. The first kappa shape index (κ1) is 24.9. The van der Waals surface area contributed by atoms with Crippen LogP contribution in [0.1, 0.15) is 41.6 Å². The Kier molecular flexibility index (Phi) is 8.00. The Hall–Kier alpha value is -3.73. The zero-order chi connectivity index (χ0) is 24.8. The van der Waals surface area contributed by atoms with Crippen molar-refractivity contribution in [1.29, 1.82) is 0 Å². The Morgan fingerprint density at radius 3 is 2.47 bits per heavy atom. The quantitative estimate of drug-likeness (QED) is 0.269. The predicted molar refractivity (Wildman–Crippen MR) is 130 cm³/mol. The van der Waals surface area contributed by atoms with Gasteiger partial charge >= 0.3 is 0 Å². The van der Waals surface area contributed by atoms with Crippen molar-refractivity contribution in [3.8, 4) is 0 Å². The molecule has 11 heteroatoms. The SMILES string of the molecule is Cc1cc([N+](=O)[O-])ccc1NC(=O)CSc1nnc([C@H](NC(=O)c2ccccc2)C(C)C)n1C. The van der Waals surface area contributed by atoms with Crippen LogP contribution in [0.5, 0.6) is 0 Å². The van der Waals surface area contributed by atoms with Gasteiger partial charge in [0.25, 0.3) is 11.6 Å². The first-order valence-electron chi connectivity index (χ1n) is 10.6. The Morgan fingerprint density at radius 1 is 1.15 bits per heavy atom. The van der Waals surface area contributed by atoms with Gasteiger partial charge in [0.15, 0.2) is 11.0 Å². The fourth-order valence-electron chi connectivity index (χ4n) is 3.28. The Bertz CT molecular complexity index is 1200. The van der Waals surface area contributed by atoms with E-state index in [0.717, 1.165) is 0 Å². The summed E-state index contributed by atoms with van der Waals surface area (Å²) in [6.45, 7) is 5.66. The van der Waals surface area contributed by atoms with Crippen LogP contribution in [0, 0.1) is 23.0 Å². The number of hydrogen-bond donors (Lipinski definition) is 2. The van der Waals surface area contributed by atoms with Gasteiger partial charge in [-0.2, -0.15) is 0 Å². The zero-order valence-electron chi connectivity index (χ0n) is 19.3. The predicted octanol–water partition coefficient (Wildman–Crippen LogP) is 3.89. The smallest absolute Gasteiger partial charge is 0.269 e. The molecule has 0 aliphatic heterocycles. The molecule has 1 heterocycles. The number of aryl methyl sites for hydroxylation is 1. The summed E-state index contributed by atoms with van der Waals surface area (Å²) in [6, 6.07) is 12.9. The number of benzene rings is 2. The van der Waals surface area contributed by atoms with Gasteiger partial charge in [-0.25, -0.2) is 0 Å². The summed E-state index contributed by atoms with van der Waals surface area (Å²) in [5.41, 5.74) is 1.64. The number of non-ortho nitro benzene ring substituents is 1. The van der Waals surface area contributed by atoms with Crippen LogP contribution < -0.4 is 10.6 Å². The maximum absolute atomic E-state index is 12.7. The van der Waals surface area contributed by atoms with Crippen molar-refractivity contribution < 1.29 is 14.5 Å². The summed E-state index contributed by atoms with van der Waals surface area (Å²) >= 11 is 1.21. The monoisotopic (exact) mass is 482 g/mol. The summed E-state index contributed by atoms with van der Waals surface area (Å²) < 4.78 is 1.77. The lowest BCUT2D eigenvalue weighted by atomic mass is 10.0. The highest BCUT2D eigenvalue weighted by molar-refractivity contribution is 7.99. The van der Waals surface area contributed by atoms with Crippen molar-refractivity contribution >= 4 is 35.0 Å². The van der Waals surface area contributed by atoms with Gasteiger partial charge in [-0.1, -0.05) is 43.8 Å². The van der Waals surface area contributed by atoms with Crippen LogP contribution in [-0.2, 0) is 11.8 Å². The Morgan fingerprint density at radius 2 is 1.85 bits per heavy atom. The molecule has 2 aromatic carbocycles. The van der Waals surface area contributed by atoms with Crippen molar-refractivity contribution in [1.82, 2.24) is 20.1 Å². The number of anilines is 1. The molecule has 2 N–H and O–H groups in total. The molecule has 0 unspecified atom stereocenters. The van der Waals surface area contributed by atoms with Crippen LogP contribution in [0.15, 0.2) is 53.7 Å². The highest BCUT2D eigenvalue weighted by atomic mass is 32.2. The number of carbonyl (C=O) groups excluding carboxylic acids is 2. The fraction of sp³-hybridized carbons (Fsp3) is 0.304. The van der Waals surface area contributed by atoms with Crippen molar-refractivity contribution in [3.05, 3.63) is 75.6 Å². The topological polar surface area (TPSA) is 132 Å². The zero-order valence-corrected chi connectivity index (χ0v) is 20.1. The number of aromatic nitrogens is 3. The van der Waals surface area contributed by atoms with E-state index in [1.807, 2.05) is 19.9 Å². The number of nitrogens with zero attached hydrogens (tertiary/aromatic N) is 4. The molecule has 0 saturated carbocycles. The second-order valence-electron chi connectivity index (χ2n) is 8.05. The van der Waals surface area contributed by atoms with Crippen molar-refractivity contribution in [2.45, 2.75) is 32.0 Å². The number of amides is 2. The normalized spacial score (nSPS) is 11.8. The van der Waals surface area contributed by atoms with Crippen LogP contribution in [-0.4, -0.2) is 37.3 Å². The van der Waals surface area contributed by atoms with Crippen LogP contribution >= 0.6 is 11.8 Å². The lowest BCUT2D eigenvalue weighted by Gasteiger charge is -2.21. The van der Waals surface area contributed by atoms with Crippen LogP contribution in [0.25, 0.3) is 0 Å². The number of hydrogen-bond acceptors (Lipinski definition) is 7. The minimum atomic E-state index is -0.479. The summed E-state index contributed by atoms with van der Waals surface area (Å²) in [6.07, 6.45) is 0. The van der Waals surface area contributed by atoms with E-state index in [2.05, 4.69) is 20.8 Å². The molecule has 0 saturated heterocycles. The molecular formula is C23H26N6O4S. The van der Waals surface area contributed by atoms with E-state index in [0.29, 0.717) is 27.8 Å². The Balaban J connectivity index is 1.65. The summed E-state index contributed by atoms with van der Waals surface area (Å²) in [5, 5.41) is 25.7. The fourth-order valence-corrected chi connectivity index (χ4v) is 4.00. The average molecular weight is 483 g/mol. The number of nitrogens with one attached hydrogen (secondary N) is 2. The van der Waals surface area contributed by atoms with Gasteiger partial charge in [0.1, 0.15) is 0 Å². The van der Waals surface area contributed by atoms with Crippen molar-refractivity contribution in [2.75, 3.05) is 11.1 Å². The molecule has 0 fully saturated rings. The lowest BCUT2D eigenvalue weighted by Crippen LogP contribution is -2.33. The highest BCUT2D eigenvalue weighted by Crippen LogP contribution is 2.25. The van der Waals surface area contributed by atoms with Gasteiger partial charge in [0, 0.05) is 30.4 Å². The summed E-state index contributed by atoms with van der Waals surface area (Å²) in [5.74, 6) is 0.249. The average Bonchev–Trinajstić information content (AvgIpc) is 3.17. The molecular weight excluding hydrogens is 456 g/mol. The van der Waals surface area contributed by atoms with Crippen LogP contribution in [0.2, 0.25) is 0 Å². The third-order valence-corrected chi connectivity index (χ3v) is 6.18. The van der Waals surface area contributed by atoms with Crippen LogP contribution in [0.4, 0.5) is 11.4 Å². The molecule has 10 nitrogen and oxygen atoms in total. The van der Waals surface area contributed by atoms with E-state index in [1.165, 1.54) is 30.0 Å². The molecule has 0 aliphatic carbocycles. The lowest BCUT2D eigenvalue weighted by molar-refractivity contribution is -0.384. The number of nitro groups is 1. The molecule has 1 atom stereocenters. The molecule has 178 valence electrons. The largest absolute Gasteiger partial charge is 0.342 e. The first-order valence-corrected chi connectivity index (χ1v) is 11.6. The Labute approximate surface area is 201 Å². The molecule has 1 aromatic heterocycles. The standard InChI is InChI=1S/C23H26N6O4S/c1-14(2)20(25-22(31)16-8-6-5-7-9-16)21-26-27-23(28(21)4)34-13-19(30)24-18-11-10-17(29(32)33)12-15(18)3/h5-12,14,20H,13H2,1-4H3,(H,24,30)(H,25,31)/t20-/m1/s1. The van der Waals surface area contributed by atoms with Gasteiger partial charge in [0.2, 0.25) is 5.91 Å². The van der Waals surface area contributed by atoms with Gasteiger partial charge in [-0.3, -0.25) is 19.7 Å². The molecule has 34 heavy (non-hydrogen) atoms. The van der Waals surface area contributed by atoms with E-state index in [-0.39, 0.29) is 35.2 Å². The van der Waals surface area contributed by atoms with E-state index in [1.54, 1.807) is 42.8 Å². The highest BCUT2D eigenvalue weighted by Gasteiger charge is 2.25. The van der Waals surface area contributed by atoms with E-state index >= 15 is 0 Å². The molecule has 0 bridgehead atoms. The maximum atomic E-state index is 12.7. The van der Waals surface area contributed by atoms with E-state index in [4.69, 9.17) is 0 Å². The number of nitro benzene ring substituents is 1. The second kappa shape index (κ2) is 10.9. The van der Waals surface area contributed by atoms with Crippen molar-refractivity contribution in [3.63, 3.8) is 0 Å². The third kappa shape index (κ3) is 5.98. The molecule has 3 rings (SSSR count). The van der Waals surface area contributed by atoms with E-state index in [9.17, 15) is 19.7 Å². The molecule has 3 aromatic rings. The van der Waals surface area contributed by atoms with Gasteiger partial charge in [-0.15, -0.1) is 10.2 Å². The van der Waals surface area contributed by atoms with E-state index < -0.39 is 4.92 Å². The summed E-state index contributed by atoms with van der Waals surface area (Å²) in [7, 11) is 1.79. The van der Waals surface area contributed by atoms with Crippen LogP contribution in [0.3, 0.4) is 0 Å². The molecule has 0 radical (unpaired) electrons. The molecule has 0 spiro atoms. The van der Waals surface area contributed by atoms with Crippen molar-refractivity contribution in [2.24, 2.45) is 13.0 Å². The minimum Gasteiger partial charge on any atom is -0.342 e. The molecule has 0 aliphatic rings. The van der Waals surface area contributed by atoms with Gasteiger partial charge in [-0.05, 0) is 36.6 Å².